The van der Waals surface area contributed by atoms with Crippen molar-refractivity contribution in [1.82, 2.24) is 0 Å². The van der Waals surface area contributed by atoms with Gasteiger partial charge in [0, 0.05) is 11.3 Å². The van der Waals surface area contributed by atoms with Gasteiger partial charge in [-0.2, -0.15) is 0 Å². The third kappa shape index (κ3) is 4.17. The third-order valence-electron chi connectivity index (χ3n) is 5.18. The highest BCUT2D eigenvalue weighted by atomic mass is 16.6. The molecule has 3 atom stereocenters. The maximum Gasteiger partial charge on any atom is 0.339 e. The normalized spacial score (nSPS) is 28.0. The van der Waals surface area contributed by atoms with Crippen molar-refractivity contribution in [3.63, 3.8) is 0 Å². The molecule has 0 bridgehead atoms. The fourth-order valence-corrected chi connectivity index (χ4v) is 3.78. The van der Waals surface area contributed by atoms with Crippen LogP contribution in [-0.2, 0) is 4.74 Å². The lowest BCUT2D eigenvalue weighted by molar-refractivity contribution is -0.128. The Bertz CT molecular complexity index is 724. The molecule has 1 saturated carbocycles. The predicted molar refractivity (Wildman–Crippen MR) is 101 cm³/mol. The molecule has 140 valence electrons. The average Bonchev–Trinajstić information content (AvgIpc) is 2.57. The van der Waals surface area contributed by atoms with Gasteiger partial charge in [0.05, 0.1) is 18.3 Å². The van der Waals surface area contributed by atoms with Gasteiger partial charge in [0.1, 0.15) is 0 Å². The van der Waals surface area contributed by atoms with E-state index in [1.807, 2.05) is 33.8 Å². The Kier molecular flexibility index (Phi) is 6.28. The Balaban J connectivity index is 2.48. The lowest BCUT2D eigenvalue weighted by atomic mass is 9.60. The molecule has 0 radical (unpaired) electrons. The van der Waals surface area contributed by atoms with Gasteiger partial charge in [-0.3, -0.25) is 0 Å². The molecule has 4 heteroatoms. The zero-order valence-corrected chi connectivity index (χ0v) is 16.0. The summed E-state index contributed by atoms with van der Waals surface area (Å²) in [5, 5.41) is 19.3. The van der Waals surface area contributed by atoms with E-state index in [-0.39, 0.29) is 12.5 Å². The molecule has 0 spiro atoms. The van der Waals surface area contributed by atoms with Crippen LogP contribution in [0.2, 0.25) is 0 Å². The van der Waals surface area contributed by atoms with Crippen LogP contribution >= 0.6 is 0 Å². The van der Waals surface area contributed by atoms with Crippen LogP contribution in [0.3, 0.4) is 0 Å². The van der Waals surface area contributed by atoms with Crippen LogP contribution in [0.25, 0.3) is 0 Å². The van der Waals surface area contributed by atoms with E-state index in [9.17, 15) is 9.90 Å². The Hall–Kier alpha value is -2.09. The molecular weight excluding hydrogens is 328 g/mol. The number of esters is 1. The molecule has 0 aliphatic heterocycles. The summed E-state index contributed by atoms with van der Waals surface area (Å²) in [5.41, 5.74) is -0.354. The number of carbonyl (C=O) groups is 1. The maximum absolute atomic E-state index is 12.8. The maximum atomic E-state index is 12.8. The molecule has 1 fully saturated rings. The van der Waals surface area contributed by atoms with Gasteiger partial charge in [0.2, 0.25) is 0 Å². The van der Waals surface area contributed by atoms with E-state index >= 15 is 0 Å². The number of ether oxygens (including phenoxy) is 1. The highest BCUT2D eigenvalue weighted by Crippen LogP contribution is 2.49. The Labute approximate surface area is 155 Å². The second-order valence-electron chi connectivity index (χ2n) is 7.69. The fourth-order valence-electron chi connectivity index (χ4n) is 3.78. The first kappa shape index (κ1) is 20.2. The summed E-state index contributed by atoms with van der Waals surface area (Å²) in [6.07, 6.45) is 2.19. The first-order valence-corrected chi connectivity index (χ1v) is 8.99. The zero-order chi connectivity index (χ0) is 19.4. The van der Waals surface area contributed by atoms with Crippen LogP contribution < -0.4 is 0 Å². The first-order valence-electron chi connectivity index (χ1n) is 8.99. The summed E-state index contributed by atoms with van der Waals surface area (Å²) in [6.45, 7) is 7.64. The van der Waals surface area contributed by atoms with Crippen molar-refractivity contribution in [3.8, 4) is 11.8 Å². The summed E-state index contributed by atoms with van der Waals surface area (Å²) in [4.78, 5) is 12.8. The summed E-state index contributed by atoms with van der Waals surface area (Å²) in [5.74, 6) is 5.69. The van der Waals surface area contributed by atoms with Crippen LogP contribution in [0.1, 0.15) is 50.9 Å². The van der Waals surface area contributed by atoms with E-state index in [0.29, 0.717) is 18.4 Å². The minimum atomic E-state index is -1.02. The first-order chi connectivity index (χ1) is 12.2. The number of carbonyl (C=O) groups excluding carboxylic acids is 1. The molecule has 0 aromatic heterocycles. The second kappa shape index (κ2) is 8.07. The van der Waals surface area contributed by atoms with E-state index in [1.165, 1.54) is 0 Å². The standard InChI is InChI=1S/C22H28O4/c1-16(11-13-23)10-12-22(17(2)14-19(24)15-21(22,3)4)26-20(25)18-8-6-5-7-9-18/h5-9,11,17,19,23-24H,13-15H2,1-4H3/b16-11+/t17-,19-,22+/m1/s1. The van der Waals surface area contributed by atoms with Crippen molar-refractivity contribution in [1.29, 1.82) is 0 Å². The number of allylic oxidation sites excluding steroid dienone is 1. The molecule has 2 rings (SSSR count). The predicted octanol–water partition coefficient (Wildman–Crippen LogP) is 3.34. The number of aliphatic hydroxyl groups is 2. The molecule has 1 aromatic rings. The molecule has 0 saturated heterocycles. The van der Waals surface area contributed by atoms with Crippen LogP contribution in [0.4, 0.5) is 0 Å². The monoisotopic (exact) mass is 356 g/mol. The van der Waals surface area contributed by atoms with Crippen molar-refractivity contribution >= 4 is 5.97 Å². The SMILES string of the molecule is C/C(C#C[C@]1(OC(=O)c2ccccc2)[C@H](C)C[C@@H](O)CC1(C)C)=C\CO. The second-order valence-corrected chi connectivity index (χ2v) is 7.69. The molecular formula is C22H28O4. The van der Waals surface area contributed by atoms with Gasteiger partial charge in [0.15, 0.2) is 5.60 Å². The molecule has 4 nitrogen and oxygen atoms in total. The lowest BCUT2D eigenvalue weighted by Gasteiger charge is -2.51. The zero-order valence-electron chi connectivity index (χ0n) is 16.0. The van der Waals surface area contributed by atoms with Crippen LogP contribution in [-0.4, -0.2) is 34.5 Å². The molecule has 0 amide bonds. The summed E-state index contributed by atoms with van der Waals surface area (Å²) in [7, 11) is 0. The molecule has 0 unspecified atom stereocenters. The molecule has 1 aliphatic carbocycles. The highest BCUT2D eigenvalue weighted by Gasteiger charge is 2.55. The average molecular weight is 356 g/mol. The summed E-state index contributed by atoms with van der Waals surface area (Å²) >= 11 is 0. The Morgan fingerprint density at radius 3 is 2.58 bits per heavy atom. The molecule has 1 aromatic carbocycles. The van der Waals surface area contributed by atoms with Gasteiger partial charge in [-0.25, -0.2) is 4.79 Å². The molecule has 2 N–H and O–H groups in total. The van der Waals surface area contributed by atoms with Gasteiger partial charge in [0.25, 0.3) is 0 Å². The third-order valence-corrected chi connectivity index (χ3v) is 5.18. The van der Waals surface area contributed by atoms with E-state index in [0.717, 1.165) is 5.57 Å². The smallest absolute Gasteiger partial charge is 0.339 e. The van der Waals surface area contributed by atoms with E-state index in [2.05, 4.69) is 11.8 Å². The quantitative estimate of drug-likeness (QED) is 0.644. The van der Waals surface area contributed by atoms with Gasteiger partial charge in [-0.05, 0) is 49.5 Å². The van der Waals surface area contributed by atoms with Crippen LogP contribution in [0, 0.1) is 23.2 Å². The molecule has 1 aliphatic rings. The van der Waals surface area contributed by atoms with Gasteiger partial charge >= 0.3 is 5.97 Å². The van der Waals surface area contributed by atoms with Crippen LogP contribution in [0.5, 0.6) is 0 Å². The number of hydrogen-bond acceptors (Lipinski definition) is 4. The fraction of sp³-hybridized carbons (Fsp3) is 0.500. The van der Waals surface area contributed by atoms with E-state index in [1.54, 1.807) is 30.3 Å². The van der Waals surface area contributed by atoms with E-state index < -0.39 is 23.1 Å². The summed E-state index contributed by atoms with van der Waals surface area (Å²) in [6, 6.07) is 8.87. The largest absolute Gasteiger partial charge is 0.441 e. The molecule has 0 heterocycles. The van der Waals surface area contributed by atoms with Crippen LogP contribution in [0.15, 0.2) is 42.0 Å². The van der Waals surface area contributed by atoms with Crippen molar-refractivity contribution < 1.29 is 19.7 Å². The van der Waals surface area contributed by atoms with Crippen molar-refractivity contribution in [2.45, 2.75) is 52.2 Å². The van der Waals surface area contributed by atoms with Crippen molar-refractivity contribution in [2.24, 2.45) is 11.3 Å². The number of aliphatic hydroxyl groups excluding tert-OH is 2. The topological polar surface area (TPSA) is 66.8 Å². The Morgan fingerprint density at radius 2 is 2.00 bits per heavy atom. The number of benzene rings is 1. The van der Waals surface area contributed by atoms with Gasteiger partial charge < -0.3 is 14.9 Å². The number of rotatable bonds is 3. The van der Waals surface area contributed by atoms with Crippen molar-refractivity contribution in [3.05, 3.63) is 47.5 Å². The van der Waals surface area contributed by atoms with E-state index in [4.69, 9.17) is 9.84 Å². The summed E-state index contributed by atoms with van der Waals surface area (Å²) < 4.78 is 6.06. The lowest BCUT2D eigenvalue weighted by Crippen LogP contribution is -2.57. The minimum Gasteiger partial charge on any atom is -0.441 e. The van der Waals surface area contributed by atoms with Crippen molar-refractivity contribution in [2.75, 3.05) is 6.61 Å². The van der Waals surface area contributed by atoms with Gasteiger partial charge in [-0.1, -0.05) is 44.9 Å². The molecule has 26 heavy (non-hydrogen) atoms. The van der Waals surface area contributed by atoms with Gasteiger partial charge in [-0.15, -0.1) is 0 Å². The minimum absolute atomic E-state index is 0.0883. The number of hydrogen-bond donors (Lipinski definition) is 2. The Morgan fingerprint density at radius 1 is 1.35 bits per heavy atom. The highest BCUT2D eigenvalue weighted by molar-refractivity contribution is 5.90.